The predicted molar refractivity (Wildman–Crippen MR) is 158 cm³/mol. The maximum atomic E-state index is 15.2. The maximum Gasteiger partial charge on any atom is 0.262 e. The van der Waals surface area contributed by atoms with Crippen molar-refractivity contribution in [1.82, 2.24) is 14.9 Å². The number of phenols is 1. The molecular formula is C33H31FN4O4. The number of carbonyl (C=O) groups is 1. The van der Waals surface area contributed by atoms with E-state index in [1.165, 1.54) is 28.2 Å². The fourth-order valence-electron chi connectivity index (χ4n) is 6.36. The number of hydrogen-bond acceptors (Lipinski definition) is 6. The van der Waals surface area contributed by atoms with E-state index < -0.39 is 5.82 Å². The Morgan fingerprint density at radius 1 is 1.02 bits per heavy atom. The molecule has 2 fully saturated rings. The van der Waals surface area contributed by atoms with Gasteiger partial charge < -0.3 is 24.5 Å². The fraction of sp³-hybridized carbons (Fsp3) is 0.333. The molecule has 2 aromatic carbocycles. The van der Waals surface area contributed by atoms with Crippen molar-refractivity contribution in [3.8, 4) is 22.6 Å². The van der Waals surface area contributed by atoms with E-state index in [1.807, 2.05) is 18.2 Å². The number of carbonyl (C=O) groups excluding carboxylic acids is 1. The summed E-state index contributed by atoms with van der Waals surface area (Å²) in [5, 5.41) is 12.3. The van der Waals surface area contributed by atoms with Crippen LogP contribution in [0.25, 0.3) is 27.7 Å². The summed E-state index contributed by atoms with van der Waals surface area (Å²) < 4.78 is 26.5. The van der Waals surface area contributed by atoms with E-state index in [0.29, 0.717) is 40.0 Å². The van der Waals surface area contributed by atoms with Gasteiger partial charge in [-0.3, -0.25) is 9.69 Å². The van der Waals surface area contributed by atoms with E-state index in [0.717, 1.165) is 56.6 Å². The Labute approximate surface area is 242 Å². The van der Waals surface area contributed by atoms with Gasteiger partial charge in [-0.1, -0.05) is 12.1 Å². The van der Waals surface area contributed by atoms with Crippen molar-refractivity contribution in [2.75, 3.05) is 44.4 Å². The lowest BCUT2D eigenvalue weighted by Gasteiger charge is -2.38. The molecule has 1 aliphatic carbocycles. The zero-order chi connectivity index (χ0) is 28.4. The third-order valence-corrected chi connectivity index (χ3v) is 8.99. The molecule has 8 rings (SSSR count). The first-order valence-electron chi connectivity index (χ1n) is 14.6. The molecule has 4 aromatic rings. The van der Waals surface area contributed by atoms with Crippen molar-refractivity contribution in [1.29, 1.82) is 0 Å². The highest BCUT2D eigenvalue weighted by molar-refractivity contribution is 6.10. The summed E-state index contributed by atoms with van der Waals surface area (Å²) in [7, 11) is 0. The van der Waals surface area contributed by atoms with Gasteiger partial charge in [0.15, 0.2) is 0 Å². The SMILES string of the molecule is O=C1c2ccc(C3CC3)cc2OCCN1c1cc(F)cc(-c2ccnc3[nH]c(C4=CCN(C5COC5)CC4)cc23)c1O. The number of aromatic hydroxyl groups is 1. The van der Waals surface area contributed by atoms with Crippen LogP contribution in [-0.2, 0) is 4.74 Å². The summed E-state index contributed by atoms with van der Waals surface area (Å²) in [5.74, 6) is 0.0390. The Morgan fingerprint density at radius 2 is 1.90 bits per heavy atom. The second-order valence-electron chi connectivity index (χ2n) is 11.6. The molecule has 4 aliphatic rings. The van der Waals surface area contributed by atoms with Crippen LogP contribution in [-0.4, -0.2) is 71.4 Å². The average Bonchev–Trinajstić information content (AvgIpc) is 3.75. The van der Waals surface area contributed by atoms with Gasteiger partial charge in [-0.25, -0.2) is 9.37 Å². The van der Waals surface area contributed by atoms with Crippen molar-refractivity contribution in [3.63, 3.8) is 0 Å². The molecule has 42 heavy (non-hydrogen) atoms. The number of aromatic amines is 1. The van der Waals surface area contributed by atoms with Crippen molar-refractivity contribution in [2.45, 2.75) is 31.2 Å². The number of ether oxygens (including phenoxy) is 2. The lowest BCUT2D eigenvalue weighted by Crippen LogP contribution is -2.50. The van der Waals surface area contributed by atoms with Crippen LogP contribution in [0, 0.1) is 5.82 Å². The largest absolute Gasteiger partial charge is 0.505 e. The van der Waals surface area contributed by atoms with E-state index in [-0.39, 0.29) is 30.5 Å². The van der Waals surface area contributed by atoms with E-state index in [2.05, 4.69) is 20.9 Å². The molecule has 0 unspecified atom stereocenters. The van der Waals surface area contributed by atoms with Crippen molar-refractivity contribution < 1.29 is 23.8 Å². The van der Waals surface area contributed by atoms with Gasteiger partial charge in [0.2, 0.25) is 0 Å². The number of pyridine rings is 1. The second kappa shape index (κ2) is 9.96. The van der Waals surface area contributed by atoms with Crippen LogP contribution in [0.2, 0.25) is 0 Å². The molecule has 9 heteroatoms. The summed E-state index contributed by atoms with van der Waals surface area (Å²) >= 11 is 0. The van der Waals surface area contributed by atoms with Crippen LogP contribution in [0.4, 0.5) is 10.1 Å². The standard InChI is InChI=1S/C33H31FN4O4/c34-22-14-26(24-5-8-35-32-27(24)16-28(36-32)20-6-9-37(10-7-20)23-17-41-18-23)31(39)29(15-22)38-11-12-42-30-13-21(19-1-2-19)3-4-25(30)33(38)40/h3-6,8,13-16,19,23,39H,1-2,7,9-12,17-18H2,(H,35,36). The minimum atomic E-state index is -0.546. The number of H-pyrrole nitrogens is 1. The number of phenolic OH excluding ortho intramolecular Hbond substituents is 1. The molecule has 214 valence electrons. The molecule has 0 atom stereocenters. The minimum absolute atomic E-state index is 0.119. The first kappa shape index (κ1) is 25.5. The number of hydrogen-bond donors (Lipinski definition) is 2. The highest BCUT2D eigenvalue weighted by atomic mass is 19.1. The molecule has 0 spiro atoms. The minimum Gasteiger partial charge on any atom is -0.505 e. The van der Waals surface area contributed by atoms with Gasteiger partial charge in [0.25, 0.3) is 5.91 Å². The Hall–Kier alpha value is -4.21. The number of nitrogens with one attached hydrogen (secondary N) is 1. The van der Waals surface area contributed by atoms with E-state index in [9.17, 15) is 9.90 Å². The van der Waals surface area contributed by atoms with Crippen LogP contribution in [0.1, 0.15) is 46.8 Å². The summed E-state index contributed by atoms with van der Waals surface area (Å²) in [4.78, 5) is 25.5. The normalized spacial score (nSPS) is 19.7. The van der Waals surface area contributed by atoms with Crippen LogP contribution in [0.5, 0.6) is 11.5 Å². The highest BCUT2D eigenvalue weighted by Crippen LogP contribution is 2.44. The molecular weight excluding hydrogens is 535 g/mol. The molecule has 5 heterocycles. The fourth-order valence-corrected chi connectivity index (χ4v) is 6.36. The maximum absolute atomic E-state index is 15.2. The highest BCUT2D eigenvalue weighted by Gasteiger charge is 2.31. The van der Waals surface area contributed by atoms with Gasteiger partial charge >= 0.3 is 0 Å². The van der Waals surface area contributed by atoms with Gasteiger partial charge in [0.05, 0.1) is 37.1 Å². The molecule has 0 bridgehead atoms. The van der Waals surface area contributed by atoms with Gasteiger partial charge in [0.1, 0.15) is 29.6 Å². The van der Waals surface area contributed by atoms with Crippen LogP contribution >= 0.6 is 0 Å². The number of benzene rings is 2. The van der Waals surface area contributed by atoms with Gasteiger partial charge in [-0.05, 0) is 72.2 Å². The van der Waals surface area contributed by atoms with Crippen molar-refractivity contribution >= 4 is 28.2 Å². The third kappa shape index (κ3) is 4.35. The Morgan fingerprint density at radius 3 is 2.67 bits per heavy atom. The smallest absolute Gasteiger partial charge is 0.262 e. The molecule has 3 aliphatic heterocycles. The summed E-state index contributed by atoms with van der Waals surface area (Å²) in [6, 6.07) is 12.5. The first-order chi connectivity index (χ1) is 20.5. The molecule has 0 radical (unpaired) electrons. The molecule has 2 N–H and O–H groups in total. The molecule has 8 nitrogen and oxygen atoms in total. The second-order valence-corrected chi connectivity index (χ2v) is 11.6. The number of aromatic nitrogens is 2. The lowest BCUT2D eigenvalue weighted by atomic mass is 9.99. The Balaban J connectivity index is 1.14. The first-order valence-corrected chi connectivity index (χ1v) is 14.6. The average molecular weight is 567 g/mol. The quantitative estimate of drug-likeness (QED) is 0.333. The number of anilines is 1. The number of halogens is 1. The van der Waals surface area contributed by atoms with Crippen LogP contribution in [0.15, 0.2) is 54.7 Å². The molecule has 2 aromatic heterocycles. The van der Waals surface area contributed by atoms with Gasteiger partial charge in [-0.15, -0.1) is 0 Å². The number of fused-ring (bicyclic) bond motifs is 2. The summed E-state index contributed by atoms with van der Waals surface area (Å²) in [5.41, 5.74) is 5.47. The summed E-state index contributed by atoms with van der Waals surface area (Å²) in [6.45, 7) is 3.84. The number of nitrogens with zero attached hydrogens (tertiary/aromatic N) is 3. The zero-order valence-electron chi connectivity index (χ0n) is 23.1. The van der Waals surface area contributed by atoms with Crippen molar-refractivity contribution in [2.24, 2.45) is 0 Å². The lowest BCUT2D eigenvalue weighted by molar-refractivity contribution is -0.0612. The Kier molecular flexibility index (Phi) is 6.05. The molecule has 1 saturated heterocycles. The number of amides is 1. The van der Waals surface area contributed by atoms with Crippen molar-refractivity contribution in [3.05, 3.63) is 77.4 Å². The van der Waals surface area contributed by atoms with Crippen LogP contribution < -0.4 is 9.64 Å². The van der Waals surface area contributed by atoms with E-state index >= 15 is 4.39 Å². The monoisotopic (exact) mass is 566 g/mol. The van der Waals surface area contributed by atoms with E-state index in [4.69, 9.17) is 9.47 Å². The zero-order valence-corrected chi connectivity index (χ0v) is 23.1. The molecule has 1 saturated carbocycles. The van der Waals surface area contributed by atoms with Gasteiger partial charge in [-0.2, -0.15) is 0 Å². The van der Waals surface area contributed by atoms with E-state index in [1.54, 1.807) is 18.3 Å². The Bertz CT molecular complexity index is 1760. The van der Waals surface area contributed by atoms with Gasteiger partial charge in [0, 0.05) is 42.0 Å². The number of rotatable bonds is 5. The predicted octanol–water partition coefficient (Wildman–Crippen LogP) is 5.48. The third-order valence-electron chi connectivity index (χ3n) is 8.99. The summed E-state index contributed by atoms with van der Waals surface area (Å²) in [6.07, 6.45) is 7.08. The molecule has 1 amide bonds. The topological polar surface area (TPSA) is 90.9 Å². The van der Waals surface area contributed by atoms with Crippen LogP contribution in [0.3, 0.4) is 0 Å².